The Bertz CT molecular complexity index is 396. The summed E-state index contributed by atoms with van der Waals surface area (Å²) in [6.07, 6.45) is -2.56. The first-order valence-electron chi connectivity index (χ1n) is 5.72. The van der Waals surface area contributed by atoms with Crippen molar-refractivity contribution in [2.75, 3.05) is 6.61 Å². The summed E-state index contributed by atoms with van der Waals surface area (Å²) in [7, 11) is 0. The molecular formula is C13H15F3O. The second-order valence-corrected chi connectivity index (χ2v) is 4.67. The molecule has 1 aliphatic carbocycles. The van der Waals surface area contributed by atoms with Crippen molar-refractivity contribution in [2.45, 2.75) is 31.4 Å². The second kappa shape index (κ2) is 4.02. The predicted molar refractivity (Wildman–Crippen MR) is 58.6 cm³/mol. The van der Waals surface area contributed by atoms with Gasteiger partial charge in [-0.25, -0.2) is 0 Å². The summed E-state index contributed by atoms with van der Waals surface area (Å²) in [5.74, 6) is 0.198. The van der Waals surface area contributed by atoms with Gasteiger partial charge in [-0.15, -0.1) is 0 Å². The number of hydrogen-bond acceptors (Lipinski definition) is 1. The van der Waals surface area contributed by atoms with E-state index in [2.05, 4.69) is 0 Å². The number of benzene rings is 1. The number of halogens is 3. The normalized spacial score (nSPS) is 28.2. The molecule has 1 nitrogen and oxygen atoms in total. The van der Waals surface area contributed by atoms with Gasteiger partial charge in [0.25, 0.3) is 0 Å². The highest BCUT2D eigenvalue weighted by Crippen LogP contribution is 2.56. The van der Waals surface area contributed by atoms with Crippen LogP contribution in [0.5, 0.6) is 0 Å². The van der Waals surface area contributed by atoms with Crippen LogP contribution in [0.1, 0.15) is 30.9 Å². The van der Waals surface area contributed by atoms with Crippen molar-refractivity contribution in [3.63, 3.8) is 0 Å². The summed E-state index contributed by atoms with van der Waals surface area (Å²) < 4.78 is 37.2. The van der Waals surface area contributed by atoms with Crippen molar-refractivity contribution in [2.24, 2.45) is 5.92 Å². The average Bonchev–Trinajstić information content (AvgIpc) is 3.03. The Morgan fingerprint density at radius 2 is 1.88 bits per heavy atom. The number of hydrogen-bond donors (Lipinski definition) is 1. The van der Waals surface area contributed by atoms with Crippen LogP contribution in [0.4, 0.5) is 13.2 Å². The molecule has 0 amide bonds. The van der Waals surface area contributed by atoms with Crippen molar-refractivity contribution < 1.29 is 18.3 Å². The molecule has 0 aliphatic heterocycles. The van der Waals surface area contributed by atoms with Gasteiger partial charge < -0.3 is 5.11 Å². The fraction of sp³-hybridized carbons (Fsp3) is 0.538. The van der Waals surface area contributed by atoms with Crippen LogP contribution in [0.25, 0.3) is 0 Å². The van der Waals surface area contributed by atoms with Crippen molar-refractivity contribution >= 4 is 0 Å². The standard InChI is InChI=1S/C13H15F3O/c1-2-12(7-11(12)8-17)9-3-5-10(6-4-9)13(14,15)16/h3-6,11,17H,2,7-8H2,1H3. The maximum absolute atomic E-state index is 12.4. The van der Waals surface area contributed by atoms with Crippen LogP contribution in [0.2, 0.25) is 0 Å². The summed E-state index contributed by atoms with van der Waals surface area (Å²) in [4.78, 5) is 0. The summed E-state index contributed by atoms with van der Waals surface area (Å²) in [5, 5.41) is 9.14. The zero-order chi connectivity index (χ0) is 12.7. The van der Waals surface area contributed by atoms with E-state index >= 15 is 0 Å². The largest absolute Gasteiger partial charge is 0.416 e. The maximum Gasteiger partial charge on any atom is 0.416 e. The molecule has 0 aromatic heterocycles. The second-order valence-electron chi connectivity index (χ2n) is 4.67. The smallest absolute Gasteiger partial charge is 0.396 e. The minimum Gasteiger partial charge on any atom is -0.396 e. The third-order valence-corrected chi connectivity index (χ3v) is 3.87. The zero-order valence-electron chi connectivity index (χ0n) is 9.59. The molecule has 0 heterocycles. The van der Waals surface area contributed by atoms with Crippen molar-refractivity contribution in [3.05, 3.63) is 35.4 Å². The van der Waals surface area contributed by atoms with Crippen LogP contribution < -0.4 is 0 Å². The van der Waals surface area contributed by atoms with Gasteiger partial charge in [0.15, 0.2) is 0 Å². The Morgan fingerprint density at radius 3 is 2.24 bits per heavy atom. The summed E-state index contributed by atoms with van der Waals surface area (Å²) >= 11 is 0. The summed E-state index contributed by atoms with van der Waals surface area (Å²) in [6, 6.07) is 5.34. The van der Waals surface area contributed by atoms with E-state index in [4.69, 9.17) is 5.11 Å². The van der Waals surface area contributed by atoms with Gasteiger partial charge in [-0.3, -0.25) is 0 Å². The van der Waals surface area contributed by atoms with Gasteiger partial charge in [-0.1, -0.05) is 19.1 Å². The first-order chi connectivity index (χ1) is 7.94. The molecule has 1 aromatic carbocycles. The highest BCUT2D eigenvalue weighted by Gasteiger charge is 2.53. The Balaban J connectivity index is 2.25. The Kier molecular flexibility index (Phi) is 2.94. The van der Waals surface area contributed by atoms with E-state index in [-0.39, 0.29) is 17.9 Å². The van der Waals surface area contributed by atoms with E-state index in [9.17, 15) is 13.2 Å². The lowest BCUT2D eigenvalue weighted by atomic mass is 9.90. The molecule has 1 aromatic rings. The molecule has 1 saturated carbocycles. The van der Waals surface area contributed by atoms with Gasteiger partial charge in [0, 0.05) is 12.0 Å². The van der Waals surface area contributed by atoms with Gasteiger partial charge in [0.1, 0.15) is 0 Å². The molecule has 1 fully saturated rings. The number of alkyl halides is 3. The van der Waals surface area contributed by atoms with Crippen LogP contribution in [0.15, 0.2) is 24.3 Å². The van der Waals surface area contributed by atoms with Crippen molar-refractivity contribution in [3.8, 4) is 0 Å². The molecule has 0 radical (unpaired) electrons. The van der Waals surface area contributed by atoms with E-state index in [0.29, 0.717) is 0 Å². The molecular weight excluding hydrogens is 229 g/mol. The molecule has 0 saturated heterocycles. The highest BCUT2D eigenvalue weighted by molar-refractivity contribution is 5.36. The minimum absolute atomic E-state index is 0.0983. The number of rotatable bonds is 3. The third-order valence-electron chi connectivity index (χ3n) is 3.87. The summed E-state index contributed by atoms with van der Waals surface area (Å²) in [5.41, 5.74) is 0.194. The molecule has 0 spiro atoms. The van der Waals surface area contributed by atoms with Gasteiger partial charge in [-0.05, 0) is 36.5 Å². The van der Waals surface area contributed by atoms with E-state index in [1.54, 1.807) is 12.1 Å². The van der Waals surface area contributed by atoms with Crippen LogP contribution in [-0.4, -0.2) is 11.7 Å². The van der Waals surface area contributed by atoms with E-state index in [1.807, 2.05) is 6.92 Å². The fourth-order valence-corrected chi connectivity index (χ4v) is 2.60. The van der Waals surface area contributed by atoms with Crippen LogP contribution in [0.3, 0.4) is 0 Å². The third kappa shape index (κ3) is 2.06. The molecule has 0 bridgehead atoms. The summed E-state index contributed by atoms with van der Waals surface area (Å²) in [6.45, 7) is 2.11. The lowest BCUT2D eigenvalue weighted by molar-refractivity contribution is -0.137. The van der Waals surface area contributed by atoms with Crippen LogP contribution in [0, 0.1) is 5.92 Å². The Hall–Kier alpha value is -1.03. The van der Waals surface area contributed by atoms with Crippen LogP contribution >= 0.6 is 0 Å². The van der Waals surface area contributed by atoms with Crippen LogP contribution in [-0.2, 0) is 11.6 Å². The topological polar surface area (TPSA) is 20.2 Å². The molecule has 94 valence electrons. The van der Waals surface area contributed by atoms with Gasteiger partial charge in [0.05, 0.1) is 5.56 Å². The molecule has 4 heteroatoms. The lowest BCUT2D eigenvalue weighted by Crippen LogP contribution is -2.12. The molecule has 17 heavy (non-hydrogen) atoms. The Morgan fingerprint density at radius 1 is 1.29 bits per heavy atom. The Labute approximate surface area is 98.3 Å². The predicted octanol–water partition coefficient (Wildman–Crippen LogP) is 3.37. The average molecular weight is 244 g/mol. The fourth-order valence-electron chi connectivity index (χ4n) is 2.60. The first-order valence-corrected chi connectivity index (χ1v) is 5.72. The van der Waals surface area contributed by atoms with E-state index in [1.165, 1.54) is 0 Å². The van der Waals surface area contributed by atoms with Crippen molar-refractivity contribution in [1.29, 1.82) is 0 Å². The van der Waals surface area contributed by atoms with Crippen molar-refractivity contribution in [1.82, 2.24) is 0 Å². The lowest BCUT2D eigenvalue weighted by Gasteiger charge is -2.16. The molecule has 1 aliphatic rings. The minimum atomic E-state index is -4.28. The molecule has 1 N–H and O–H groups in total. The molecule has 2 rings (SSSR count). The van der Waals surface area contributed by atoms with Gasteiger partial charge in [-0.2, -0.15) is 13.2 Å². The van der Waals surface area contributed by atoms with E-state index in [0.717, 1.165) is 30.5 Å². The highest BCUT2D eigenvalue weighted by atomic mass is 19.4. The van der Waals surface area contributed by atoms with Gasteiger partial charge in [0.2, 0.25) is 0 Å². The monoisotopic (exact) mass is 244 g/mol. The number of aliphatic hydroxyl groups excluding tert-OH is 1. The number of aliphatic hydroxyl groups is 1. The maximum atomic E-state index is 12.4. The van der Waals surface area contributed by atoms with E-state index < -0.39 is 11.7 Å². The zero-order valence-corrected chi connectivity index (χ0v) is 9.59. The van der Waals surface area contributed by atoms with Gasteiger partial charge >= 0.3 is 6.18 Å². The molecule has 2 unspecified atom stereocenters. The molecule has 2 atom stereocenters. The SMILES string of the molecule is CCC1(c2ccc(C(F)(F)F)cc2)CC1CO. The quantitative estimate of drug-likeness (QED) is 0.864. The first kappa shape index (κ1) is 12.4.